The molecular formula is C7H5Cl2O3S. The molecule has 6 heteroatoms. The second-order valence-electron chi connectivity index (χ2n) is 2.28. The minimum atomic E-state index is -3.53. The van der Waals surface area contributed by atoms with Gasteiger partial charge in [-0.15, -0.1) is 0 Å². The summed E-state index contributed by atoms with van der Waals surface area (Å²) in [5, 5.41) is 0.422. The topological polar surface area (TPSA) is 43.4 Å². The van der Waals surface area contributed by atoms with Crippen LogP contribution >= 0.6 is 23.2 Å². The summed E-state index contributed by atoms with van der Waals surface area (Å²) in [6, 6.07) is 5.14. The fraction of sp³-hybridized carbons (Fsp3) is 0.143. The summed E-state index contributed by atoms with van der Waals surface area (Å²) in [6.07, 6.45) is 0.940. The Morgan fingerprint density at radius 2 is 2.08 bits per heavy atom. The smallest absolute Gasteiger partial charge is 0.306 e. The van der Waals surface area contributed by atoms with Crippen molar-refractivity contribution in [2.75, 3.05) is 6.26 Å². The van der Waals surface area contributed by atoms with Crippen LogP contribution in [-0.4, -0.2) is 14.7 Å². The lowest BCUT2D eigenvalue weighted by Gasteiger charge is -2.02. The lowest BCUT2D eigenvalue weighted by Crippen LogP contribution is -2.05. The summed E-state index contributed by atoms with van der Waals surface area (Å²) in [5.41, 5.74) is 0. The summed E-state index contributed by atoms with van der Waals surface area (Å²) in [5.74, 6) is 0.0944. The molecule has 0 heterocycles. The molecule has 0 aliphatic heterocycles. The lowest BCUT2D eigenvalue weighted by molar-refractivity contribution is 0.493. The Labute approximate surface area is 86.4 Å². The minimum Gasteiger partial charge on any atom is -0.383 e. The molecule has 0 aromatic heterocycles. The molecule has 0 saturated carbocycles. The predicted octanol–water partition coefficient (Wildman–Crippen LogP) is 2.13. The summed E-state index contributed by atoms with van der Waals surface area (Å²) in [4.78, 5) is 0. The van der Waals surface area contributed by atoms with Crippen LogP contribution in [-0.2, 0) is 10.1 Å². The van der Waals surface area contributed by atoms with Crippen LogP contribution in [0.15, 0.2) is 12.1 Å². The van der Waals surface area contributed by atoms with Gasteiger partial charge in [-0.3, -0.25) is 0 Å². The van der Waals surface area contributed by atoms with Gasteiger partial charge in [0.25, 0.3) is 0 Å². The highest BCUT2D eigenvalue weighted by Crippen LogP contribution is 2.26. The van der Waals surface area contributed by atoms with Crippen molar-refractivity contribution in [1.29, 1.82) is 0 Å². The Morgan fingerprint density at radius 1 is 1.46 bits per heavy atom. The molecule has 1 rings (SSSR count). The third-order valence-corrected chi connectivity index (χ3v) is 2.27. The predicted molar refractivity (Wildman–Crippen MR) is 50.8 cm³/mol. The highest BCUT2D eigenvalue weighted by atomic mass is 35.5. The van der Waals surface area contributed by atoms with Crippen molar-refractivity contribution in [3.05, 3.63) is 28.2 Å². The molecule has 0 aliphatic carbocycles. The van der Waals surface area contributed by atoms with Gasteiger partial charge in [-0.25, -0.2) is 0 Å². The van der Waals surface area contributed by atoms with Gasteiger partial charge < -0.3 is 4.18 Å². The maximum Gasteiger partial charge on any atom is 0.306 e. The van der Waals surface area contributed by atoms with E-state index in [1.54, 1.807) is 0 Å². The Balaban J connectivity index is 2.99. The molecule has 3 nitrogen and oxygen atoms in total. The zero-order chi connectivity index (χ0) is 10.1. The Hall–Kier alpha value is -0.450. The first-order chi connectivity index (χ1) is 5.88. The molecule has 1 radical (unpaired) electrons. The van der Waals surface area contributed by atoms with Gasteiger partial charge in [-0.1, -0.05) is 23.2 Å². The first-order valence-electron chi connectivity index (χ1n) is 3.15. The van der Waals surface area contributed by atoms with Crippen LogP contribution in [0.1, 0.15) is 0 Å². The minimum absolute atomic E-state index is 0.0944. The maximum atomic E-state index is 10.7. The Kier molecular flexibility index (Phi) is 3.05. The van der Waals surface area contributed by atoms with E-state index in [2.05, 4.69) is 10.2 Å². The number of hydrogen-bond donors (Lipinski definition) is 0. The van der Waals surface area contributed by atoms with Crippen LogP contribution in [0, 0.1) is 6.07 Å². The lowest BCUT2D eigenvalue weighted by atomic mass is 10.3. The van der Waals surface area contributed by atoms with E-state index < -0.39 is 10.1 Å². The molecule has 0 bridgehead atoms. The molecule has 71 valence electrons. The van der Waals surface area contributed by atoms with Gasteiger partial charge in [-0.05, 0) is 6.07 Å². The Bertz CT molecular complexity index is 414. The monoisotopic (exact) mass is 239 g/mol. The van der Waals surface area contributed by atoms with E-state index in [9.17, 15) is 8.42 Å². The van der Waals surface area contributed by atoms with E-state index in [0.717, 1.165) is 6.26 Å². The first kappa shape index (κ1) is 10.6. The van der Waals surface area contributed by atoms with E-state index in [0.29, 0.717) is 0 Å². The average molecular weight is 240 g/mol. The summed E-state index contributed by atoms with van der Waals surface area (Å²) in [6.45, 7) is 0. The third-order valence-electron chi connectivity index (χ3n) is 1.07. The second-order valence-corrected chi connectivity index (χ2v) is 4.64. The summed E-state index contributed by atoms with van der Waals surface area (Å²) in [7, 11) is -3.53. The molecule has 0 unspecified atom stereocenters. The van der Waals surface area contributed by atoms with Gasteiger partial charge >= 0.3 is 10.1 Å². The van der Waals surface area contributed by atoms with Crippen molar-refractivity contribution in [2.24, 2.45) is 0 Å². The van der Waals surface area contributed by atoms with Crippen LogP contribution in [0.5, 0.6) is 5.75 Å². The molecule has 0 fully saturated rings. The van der Waals surface area contributed by atoms with Crippen LogP contribution < -0.4 is 4.18 Å². The quantitative estimate of drug-likeness (QED) is 0.743. The number of rotatable bonds is 2. The van der Waals surface area contributed by atoms with E-state index in [4.69, 9.17) is 23.2 Å². The van der Waals surface area contributed by atoms with Gasteiger partial charge in [-0.2, -0.15) is 8.42 Å². The molecule has 0 atom stereocenters. The van der Waals surface area contributed by atoms with Crippen molar-refractivity contribution in [2.45, 2.75) is 0 Å². The van der Waals surface area contributed by atoms with Crippen molar-refractivity contribution in [3.8, 4) is 5.75 Å². The van der Waals surface area contributed by atoms with Crippen LogP contribution in [0.3, 0.4) is 0 Å². The first-order valence-corrected chi connectivity index (χ1v) is 5.72. The highest BCUT2D eigenvalue weighted by molar-refractivity contribution is 7.86. The van der Waals surface area contributed by atoms with Gasteiger partial charge in [0.05, 0.1) is 16.3 Å². The molecule has 0 N–H and O–H groups in total. The van der Waals surface area contributed by atoms with Gasteiger partial charge in [0.2, 0.25) is 0 Å². The molecule has 1 aromatic rings. The zero-order valence-corrected chi connectivity index (χ0v) is 8.87. The van der Waals surface area contributed by atoms with Crippen molar-refractivity contribution in [1.82, 2.24) is 0 Å². The molecule has 13 heavy (non-hydrogen) atoms. The SMILES string of the molecule is CS(=O)(=O)Oc1c[c]c(Cl)c(Cl)c1. The van der Waals surface area contributed by atoms with Crippen LogP contribution in [0.25, 0.3) is 0 Å². The fourth-order valence-corrected chi connectivity index (χ4v) is 1.37. The van der Waals surface area contributed by atoms with Gasteiger partial charge in [0, 0.05) is 12.1 Å². The standard InChI is InChI=1S/C7H5Cl2O3S/c1-13(10,11)12-5-2-3-6(8)7(9)4-5/h2,4H,1H3. The second kappa shape index (κ2) is 3.74. The average Bonchev–Trinajstić information content (AvgIpc) is 1.94. The van der Waals surface area contributed by atoms with E-state index >= 15 is 0 Å². The normalized spacial score (nSPS) is 11.3. The van der Waals surface area contributed by atoms with E-state index in [1.807, 2.05) is 0 Å². The van der Waals surface area contributed by atoms with Crippen molar-refractivity contribution in [3.63, 3.8) is 0 Å². The highest BCUT2D eigenvalue weighted by Gasteiger charge is 2.06. The van der Waals surface area contributed by atoms with Crippen molar-refractivity contribution < 1.29 is 12.6 Å². The Morgan fingerprint density at radius 3 is 2.54 bits per heavy atom. The number of benzene rings is 1. The molecule has 0 amide bonds. The zero-order valence-electron chi connectivity index (χ0n) is 6.54. The summed E-state index contributed by atoms with van der Waals surface area (Å²) >= 11 is 11.2. The van der Waals surface area contributed by atoms with Crippen molar-refractivity contribution >= 4 is 33.3 Å². The van der Waals surface area contributed by atoms with E-state index in [1.165, 1.54) is 12.1 Å². The largest absolute Gasteiger partial charge is 0.383 e. The molecule has 0 spiro atoms. The van der Waals surface area contributed by atoms with Gasteiger partial charge in [0.1, 0.15) is 5.75 Å². The molecule has 1 aromatic carbocycles. The fourth-order valence-electron chi connectivity index (χ4n) is 0.656. The summed E-state index contributed by atoms with van der Waals surface area (Å²) < 4.78 is 25.9. The van der Waals surface area contributed by atoms with Gasteiger partial charge in [0.15, 0.2) is 0 Å². The maximum absolute atomic E-state index is 10.7. The molecule has 0 aliphatic rings. The third kappa shape index (κ3) is 3.42. The van der Waals surface area contributed by atoms with Crippen LogP contribution in [0.2, 0.25) is 10.0 Å². The number of halogens is 2. The number of hydrogen-bond acceptors (Lipinski definition) is 3. The molecule has 0 saturated heterocycles. The van der Waals surface area contributed by atoms with Crippen LogP contribution in [0.4, 0.5) is 0 Å². The molecular weight excluding hydrogens is 235 g/mol. The van der Waals surface area contributed by atoms with E-state index in [-0.39, 0.29) is 15.8 Å².